The van der Waals surface area contributed by atoms with Crippen LogP contribution in [0.1, 0.15) is 39.0 Å². The van der Waals surface area contributed by atoms with Gasteiger partial charge in [-0.1, -0.05) is 38.0 Å². The number of nitrogens with zero attached hydrogens (tertiary/aromatic N) is 1. The standard InChI is InChI=1S/C17H27N3O/c1-3-15(21-16-11-5-4-6-12-16)13-19-17(18-2)20-14-9-7-8-10-14/h4-6,11-12,14-15H,3,7-10,13H2,1-2H3,(H2,18,19,20). The van der Waals surface area contributed by atoms with Crippen LogP contribution in [0.3, 0.4) is 0 Å². The molecular formula is C17H27N3O. The summed E-state index contributed by atoms with van der Waals surface area (Å²) in [4.78, 5) is 4.30. The van der Waals surface area contributed by atoms with Crippen LogP contribution in [0.2, 0.25) is 0 Å². The normalized spacial score (nSPS) is 17.5. The van der Waals surface area contributed by atoms with Crippen LogP contribution in [0.25, 0.3) is 0 Å². The van der Waals surface area contributed by atoms with Crippen molar-refractivity contribution < 1.29 is 4.74 Å². The molecule has 2 rings (SSSR count). The lowest BCUT2D eigenvalue weighted by atomic mass is 10.2. The fraction of sp³-hybridized carbons (Fsp3) is 0.588. The van der Waals surface area contributed by atoms with Gasteiger partial charge in [0, 0.05) is 13.1 Å². The molecule has 1 unspecified atom stereocenters. The third-order valence-electron chi connectivity index (χ3n) is 3.92. The van der Waals surface area contributed by atoms with E-state index in [1.165, 1.54) is 25.7 Å². The Hall–Kier alpha value is -1.71. The van der Waals surface area contributed by atoms with Gasteiger partial charge in [0.1, 0.15) is 11.9 Å². The number of para-hydroxylation sites is 1. The second kappa shape index (κ2) is 8.55. The topological polar surface area (TPSA) is 45.7 Å². The van der Waals surface area contributed by atoms with E-state index < -0.39 is 0 Å². The van der Waals surface area contributed by atoms with Crippen molar-refractivity contribution in [2.45, 2.75) is 51.2 Å². The summed E-state index contributed by atoms with van der Waals surface area (Å²) in [7, 11) is 1.82. The van der Waals surface area contributed by atoms with Crippen molar-refractivity contribution in [2.75, 3.05) is 13.6 Å². The molecule has 1 aliphatic rings. The van der Waals surface area contributed by atoms with Gasteiger partial charge in [-0.3, -0.25) is 4.99 Å². The lowest BCUT2D eigenvalue weighted by Gasteiger charge is -2.21. The van der Waals surface area contributed by atoms with Gasteiger partial charge in [0.25, 0.3) is 0 Å². The van der Waals surface area contributed by atoms with Crippen LogP contribution in [0.5, 0.6) is 5.75 Å². The maximum atomic E-state index is 5.98. The van der Waals surface area contributed by atoms with Crippen molar-refractivity contribution in [3.63, 3.8) is 0 Å². The molecule has 0 aliphatic heterocycles. The molecular weight excluding hydrogens is 262 g/mol. The Balaban J connectivity index is 1.78. The molecule has 0 radical (unpaired) electrons. The third-order valence-corrected chi connectivity index (χ3v) is 3.92. The minimum atomic E-state index is 0.148. The molecule has 1 atom stereocenters. The predicted octanol–water partition coefficient (Wildman–Crippen LogP) is 2.95. The second-order valence-electron chi connectivity index (χ2n) is 5.54. The van der Waals surface area contributed by atoms with Crippen molar-refractivity contribution in [3.05, 3.63) is 30.3 Å². The predicted molar refractivity (Wildman–Crippen MR) is 87.9 cm³/mol. The van der Waals surface area contributed by atoms with Gasteiger partial charge in [0.05, 0.1) is 6.54 Å². The molecule has 2 N–H and O–H groups in total. The van der Waals surface area contributed by atoms with Crippen LogP contribution in [-0.2, 0) is 0 Å². The van der Waals surface area contributed by atoms with Gasteiger partial charge in [0.2, 0.25) is 0 Å². The Labute approximate surface area is 128 Å². The largest absolute Gasteiger partial charge is 0.489 e. The van der Waals surface area contributed by atoms with Crippen LogP contribution in [0.15, 0.2) is 35.3 Å². The molecule has 4 nitrogen and oxygen atoms in total. The van der Waals surface area contributed by atoms with Crippen molar-refractivity contribution in [1.29, 1.82) is 0 Å². The molecule has 0 saturated heterocycles. The average Bonchev–Trinajstić information content (AvgIpc) is 3.04. The zero-order chi connectivity index (χ0) is 14.9. The first kappa shape index (κ1) is 15.7. The third kappa shape index (κ3) is 5.29. The first-order valence-corrected chi connectivity index (χ1v) is 8.00. The van der Waals surface area contributed by atoms with Gasteiger partial charge in [-0.15, -0.1) is 0 Å². The summed E-state index contributed by atoms with van der Waals surface area (Å²) in [5.74, 6) is 1.81. The van der Waals surface area contributed by atoms with Crippen molar-refractivity contribution in [2.24, 2.45) is 4.99 Å². The number of guanidine groups is 1. The highest BCUT2D eigenvalue weighted by atomic mass is 16.5. The molecule has 21 heavy (non-hydrogen) atoms. The molecule has 116 valence electrons. The second-order valence-corrected chi connectivity index (χ2v) is 5.54. The summed E-state index contributed by atoms with van der Waals surface area (Å²) in [6.07, 6.45) is 6.25. The van der Waals surface area contributed by atoms with E-state index in [4.69, 9.17) is 4.74 Å². The Morgan fingerprint density at radius 3 is 2.62 bits per heavy atom. The number of hydrogen-bond acceptors (Lipinski definition) is 2. The molecule has 1 aliphatic carbocycles. The summed E-state index contributed by atoms with van der Waals surface area (Å²) in [6.45, 7) is 2.90. The number of benzene rings is 1. The van der Waals surface area contributed by atoms with E-state index in [0.29, 0.717) is 6.04 Å². The molecule has 4 heteroatoms. The van der Waals surface area contributed by atoms with Crippen LogP contribution in [0.4, 0.5) is 0 Å². The maximum Gasteiger partial charge on any atom is 0.191 e. The van der Waals surface area contributed by atoms with Crippen LogP contribution < -0.4 is 15.4 Å². The molecule has 0 bridgehead atoms. The van der Waals surface area contributed by atoms with E-state index in [-0.39, 0.29) is 6.10 Å². The summed E-state index contributed by atoms with van der Waals surface area (Å²) in [5, 5.41) is 6.87. The molecule has 0 heterocycles. The lowest BCUT2D eigenvalue weighted by molar-refractivity contribution is 0.199. The molecule has 1 saturated carbocycles. The molecule has 0 amide bonds. The van der Waals surface area contributed by atoms with Gasteiger partial charge >= 0.3 is 0 Å². The van der Waals surface area contributed by atoms with E-state index in [1.54, 1.807) is 0 Å². The van der Waals surface area contributed by atoms with Crippen molar-refractivity contribution in [1.82, 2.24) is 10.6 Å². The van der Waals surface area contributed by atoms with Gasteiger partial charge < -0.3 is 15.4 Å². The van der Waals surface area contributed by atoms with Gasteiger partial charge in [0.15, 0.2) is 5.96 Å². The highest BCUT2D eigenvalue weighted by Gasteiger charge is 2.16. The van der Waals surface area contributed by atoms with Crippen LogP contribution in [0, 0.1) is 0 Å². The number of ether oxygens (including phenoxy) is 1. The highest BCUT2D eigenvalue weighted by molar-refractivity contribution is 5.80. The first-order valence-electron chi connectivity index (χ1n) is 8.00. The number of hydrogen-bond donors (Lipinski definition) is 2. The summed E-state index contributed by atoms with van der Waals surface area (Å²) in [5.41, 5.74) is 0. The zero-order valence-electron chi connectivity index (χ0n) is 13.1. The monoisotopic (exact) mass is 289 g/mol. The Kier molecular flexibility index (Phi) is 6.38. The number of aliphatic imine (C=N–C) groups is 1. The van der Waals surface area contributed by atoms with Gasteiger partial charge in [-0.25, -0.2) is 0 Å². The average molecular weight is 289 g/mol. The first-order chi connectivity index (χ1) is 10.3. The van der Waals surface area contributed by atoms with E-state index in [2.05, 4.69) is 22.5 Å². The minimum absolute atomic E-state index is 0.148. The van der Waals surface area contributed by atoms with Crippen LogP contribution >= 0.6 is 0 Å². The van der Waals surface area contributed by atoms with E-state index in [0.717, 1.165) is 24.7 Å². The lowest BCUT2D eigenvalue weighted by Crippen LogP contribution is -2.45. The zero-order valence-corrected chi connectivity index (χ0v) is 13.1. The van der Waals surface area contributed by atoms with E-state index in [1.807, 2.05) is 37.4 Å². The minimum Gasteiger partial charge on any atom is -0.489 e. The van der Waals surface area contributed by atoms with Crippen molar-refractivity contribution in [3.8, 4) is 5.75 Å². The summed E-state index contributed by atoms with van der Waals surface area (Å²) in [6, 6.07) is 10.6. The molecule has 0 spiro atoms. The fourth-order valence-electron chi connectivity index (χ4n) is 2.63. The molecule has 1 aromatic rings. The number of rotatable bonds is 6. The van der Waals surface area contributed by atoms with Gasteiger partial charge in [-0.2, -0.15) is 0 Å². The Bertz CT molecular complexity index is 427. The molecule has 1 fully saturated rings. The fourth-order valence-corrected chi connectivity index (χ4v) is 2.63. The number of nitrogens with one attached hydrogen (secondary N) is 2. The smallest absolute Gasteiger partial charge is 0.191 e. The Morgan fingerprint density at radius 1 is 1.29 bits per heavy atom. The van der Waals surface area contributed by atoms with E-state index >= 15 is 0 Å². The SMILES string of the molecule is CCC(CNC(=NC)NC1CCCC1)Oc1ccccc1. The van der Waals surface area contributed by atoms with Crippen molar-refractivity contribution >= 4 is 5.96 Å². The quantitative estimate of drug-likeness (QED) is 0.625. The van der Waals surface area contributed by atoms with E-state index in [9.17, 15) is 0 Å². The molecule has 1 aromatic carbocycles. The maximum absolute atomic E-state index is 5.98. The Morgan fingerprint density at radius 2 is 2.00 bits per heavy atom. The highest BCUT2D eigenvalue weighted by Crippen LogP contribution is 2.17. The van der Waals surface area contributed by atoms with Crippen LogP contribution in [-0.4, -0.2) is 31.7 Å². The summed E-state index contributed by atoms with van der Waals surface area (Å²) >= 11 is 0. The summed E-state index contributed by atoms with van der Waals surface area (Å²) < 4.78 is 5.98. The molecule has 0 aromatic heterocycles. The van der Waals surface area contributed by atoms with Gasteiger partial charge in [-0.05, 0) is 31.4 Å².